The molecule has 1 amide bonds. The van der Waals surface area contributed by atoms with Crippen molar-refractivity contribution in [2.24, 2.45) is 0 Å². The second-order valence-electron chi connectivity index (χ2n) is 5.99. The van der Waals surface area contributed by atoms with Crippen LogP contribution in [-0.2, 0) is 11.3 Å². The third-order valence-corrected chi connectivity index (χ3v) is 4.18. The molecule has 1 unspecified atom stereocenters. The van der Waals surface area contributed by atoms with Gasteiger partial charge in [-0.15, -0.1) is 0 Å². The molecule has 0 bridgehead atoms. The maximum atomic E-state index is 11.9. The SMILES string of the molecule is C=CCOC(=O)N1CCCC(NCc2ccc3[nH]c(=O)[nH]c3c2)C1. The van der Waals surface area contributed by atoms with Crippen molar-refractivity contribution in [1.29, 1.82) is 0 Å². The van der Waals surface area contributed by atoms with E-state index in [0.29, 0.717) is 13.1 Å². The molecule has 1 atom stereocenters. The Morgan fingerprint density at radius 3 is 3.08 bits per heavy atom. The van der Waals surface area contributed by atoms with Gasteiger partial charge in [-0.05, 0) is 30.5 Å². The summed E-state index contributed by atoms with van der Waals surface area (Å²) in [5.41, 5.74) is 2.50. The van der Waals surface area contributed by atoms with E-state index in [0.717, 1.165) is 36.0 Å². The van der Waals surface area contributed by atoms with E-state index < -0.39 is 0 Å². The normalized spacial score (nSPS) is 17.8. The summed E-state index contributed by atoms with van der Waals surface area (Å²) in [7, 11) is 0. The number of rotatable bonds is 5. The first-order chi connectivity index (χ1) is 11.7. The number of aromatic nitrogens is 2. The lowest BCUT2D eigenvalue weighted by Crippen LogP contribution is -2.47. The van der Waals surface area contributed by atoms with Crippen molar-refractivity contribution in [3.05, 3.63) is 46.9 Å². The number of piperidine rings is 1. The Morgan fingerprint density at radius 2 is 2.25 bits per heavy atom. The van der Waals surface area contributed by atoms with Crippen molar-refractivity contribution in [2.45, 2.75) is 25.4 Å². The minimum atomic E-state index is -0.285. The molecule has 128 valence electrons. The molecule has 1 saturated heterocycles. The van der Waals surface area contributed by atoms with Gasteiger partial charge in [-0.2, -0.15) is 0 Å². The van der Waals surface area contributed by atoms with Gasteiger partial charge in [-0.25, -0.2) is 9.59 Å². The summed E-state index contributed by atoms with van der Waals surface area (Å²) in [4.78, 5) is 30.4. The number of nitrogens with one attached hydrogen (secondary N) is 3. The number of ether oxygens (including phenoxy) is 1. The van der Waals surface area contributed by atoms with Crippen LogP contribution >= 0.6 is 0 Å². The maximum Gasteiger partial charge on any atom is 0.410 e. The van der Waals surface area contributed by atoms with Gasteiger partial charge in [0.05, 0.1) is 11.0 Å². The predicted octanol–water partition coefficient (Wildman–Crippen LogP) is 1.73. The van der Waals surface area contributed by atoms with E-state index in [4.69, 9.17) is 4.74 Å². The van der Waals surface area contributed by atoms with Gasteiger partial charge in [0, 0.05) is 25.7 Å². The molecule has 7 nitrogen and oxygen atoms in total. The zero-order chi connectivity index (χ0) is 16.9. The number of likely N-dealkylation sites (tertiary alicyclic amines) is 1. The Hall–Kier alpha value is -2.54. The van der Waals surface area contributed by atoms with Gasteiger partial charge in [0.15, 0.2) is 0 Å². The molecule has 3 rings (SSSR count). The average Bonchev–Trinajstić information content (AvgIpc) is 2.97. The summed E-state index contributed by atoms with van der Waals surface area (Å²) in [5, 5.41) is 3.48. The van der Waals surface area contributed by atoms with E-state index >= 15 is 0 Å². The van der Waals surface area contributed by atoms with Crippen LogP contribution < -0.4 is 11.0 Å². The van der Waals surface area contributed by atoms with Crippen molar-refractivity contribution in [3.8, 4) is 0 Å². The lowest BCUT2D eigenvalue weighted by Gasteiger charge is -2.32. The highest BCUT2D eigenvalue weighted by atomic mass is 16.6. The van der Waals surface area contributed by atoms with Crippen LogP contribution in [0.5, 0.6) is 0 Å². The molecule has 0 saturated carbocycles. The first-order valence-electron chi connectivity index (χ1n) is 8.12. The number of imidazole rings is 1. The van der Waals surface area contributed by atoms with E-state index in [-0.39, 0.29) is 24.4 Å². The van der Waals surface area contributed by atoms with Gasteiger partial charge >= 0.3 is 11.8 Å². The second kappa shape index (κ2) is 7.35. The van der Waals surface area contributed by atoms with Crippen LogP contribution in [-0.4, -0.2) is 46.7 Å². The van der Waals surface area contributed by atoms with E-state index in [2.05, 4.69) is 21.9 Å². The van der Waals surface area contributed by atoms with Crippen molar-refractivity contribution in [3.63, 3.8) is 0 Å². The average molecular weight is 330 g/mol. The monoisotopic (exact) mass is 330 g/mol. The number of hydrogen-bond donors (Lipinski definition) is 3. The highest BCUT2D eigenvalue weighted by molar-refractivity contribution is 5.75. The zero-order valence-electron chi connectivity index (χ0n) is 13.5. The third kappa shape index (κ3) is 3.86. The quantitative estimate of drug-likeness (QED) is 0.728. The number of carbonyl (C=O) groups excluding carboxylic acids is 1. The number of H-pyrrole nitrogens is 2. The summed E-state index contributed by atoms with van der Waals surface area (Å²) in [6.45, 7) is 5.83. The Morgan fingerprint density at radius 1 is 1.42 bits per heavy atom. The summed E-state index contributed by atoms with van der Waals surface area (Å²) in [6, 6.07) is 6.07. The van der Waals surface area contributed by atoms with Gasteiger partial charge in [-0.3, -0.25) is 0 Å². The van der Waals surface area contributed by atoms with E-state index in [1.165, 1.54) is 0 Å². The summed E-state index contributed by atoms with van der Waals surface area (Å²) >= 11 is 0. The van der Waals surface area contributed by atoms with Crippen molar-refractivity contribution in [2.75, 3.05) is 19.7 Å². The first-order valence-corrected chi connectivity index (χ1v) is 8.12. The second-order valence-corrected chi connectivity index (χ2v) is 5.99. The zero-order valence-corrected chi connectivity index (χ0v) is 13.5. The van der Waals surface area contributed by atoms with Crippen molar-refractivity contribution < 1.29 is 9.53 Å². The molecule has 24 heavy (non-hydrogen) atoms. The highest BCUT2D eigenvalue weighted by Gasteiger charge is 2.24. The number of hydrogen-bond acceptors (Lipinski definition) is 4. The van der Waals surface area contributed by atoms with Crippen LogP contribution in [0.4, 0.5) is 4.79 Å². The molecular formula is C17H22N4O3. The lowest BCUT2D eigenvalue weighted by atomic mass is 10.1. The molecule has 1 aliphatic rings. The lowest BCUT2D eigenvalue weighted by molar-refractivity contribution is 0.0973. The molecule has 1 aromatic heterocycles. The smallest absolute Gasteiger partial charge is 0.410 e. The molecule has 7 heteroatoms. The fraction of sp³-hybridized carbons (Fsp3) is 0.412. The van der Waals surface area contributed by atoms with Crippen LogP contribution in [0, 0.1) is 0 Å². The number of fused-ring (bicyclic) bond motifs is 1. The summed E-state index contributed by atoms with van der Waals surface area (Å²) < 4.78 is 5.10. The highest BCUT2D eigenvalue weighted by Crippen LogP contribution is 2.14. The minimum absolute atomic E-state index is 0.198. The summed E-state index contributed by atoms with van der Waals surface area (Å²) in [6.07, 6.45) is 3.26. The molecule has 1 aromatic carbocycles. The third-order valence-electron chi connectivity index (χ3n) is 4.18. The number of amides is 1. The molecule has 3 N–H and O–H groups in total. The molecular weight excluding hydrogens is 308 g/mol. The van der Waals surface area contributed by atoms with Crippen LogP contribution in [0.1, 0.15) is 18.4 Å². The van der Waals surface area contributed by atoms with Gasteiger partial charge in [0.25, 0.3) is 0 Å². The number of aromatic amines is 2. The molecule has 2 heterocycles. The number of benzene rings is 1. The Bertz CT molecular complexity index is 779. The van der Waals surface area contributed by atoms with Crippen LogP contribution in [0.2, 0.25) is 0 Å². The van der Waals surface area contributed by atoms with E-state index in [9.17, 15) is 9.59 Å². The number of nitrogens with zero attached hydrogens (tertiary/aromatic N) is 1. The Balaban J connectivity index is 1.55. The maximum absolute atomic E-state index is 11.9. The Labute approximate surface area is 139 Å². The van der Waals surface area contributed by atoms with Gasteiger partial charge in [0.2, 0.25) is 0 Å². The molecule has 0 spiro atoms. The topological polar surface area (TPSA) is 90.2 Å². The summed E-state index contributed by atoms with van der Waals surface area (Å²) in [5.74, 6) is 0. The van der Waals surface area contributed by atoms with Crippen LogP contribution in [0.3, 0.4) is 0 Å². The van der Waals surface area contributed by atoms with Gasteiger partial charge in [0.1, 0.15) is 6.61 Å². The van der Waals surface area contributed by atoms with Crippen LogP contribution in [0.15, 0.2) is 35.6 Å². The molecule has 0 aliphatic carbocycles. The fourth-order valence-electron chi connectivity index (χ4n) is 2.98. The Kier molecular flexibility index (Phi) is 5.00. The van der Waals surface area contributed by atoms with E-state index in [1.54, 1.807) is 11.0 Å². The first kappa shape index (κ1) is 16.3. The van der Waals surface area contributed by atoms with Gasteiger partial charge < -0.3 is 24.9 Å². The number of carbonyl (C=O) groups is 1. The molecule has 0 radical (unpaired) electrons. The molecule has 1 aliphatic heterocycles. The van der Waals surface area contributed by atoms with Gasteiger partial charge in [-0.1, -0.05) is 18.7 Å². The minimum Gasteiger partial charge on any atom is -0.445 e. The van der Waals surface area contributed by atoms with Crippen molar-refractivity contribution in [1.82, 2.24) is 20.2 Å². The van der Waals surface area contributed by atoms with Crippen molar-refractivity contribution >= 4 is 17.1 Å². The fourth-order valence-corrected chi connectivity index (χ4v) is 2.98. The standard InChI is InChI=1S/C17H22N4O3/c1-2-8-24-17(23)21-7-3-4-13(11-21)18-10-12-5-6-14-15(9-12)20-16(22)19-14/h2,5-6,9,13,18H,1,3-4,7-8,10-11H2,(H2,19,20,22). The van der Waals surface area contributed by atoms with E-state index in [1.807, 2.05) is 18.2 Å². The van der Waals surface area contributed by atoms with Crippen LogP contribution in [0.25, 0.3) is 11.0 Å². The molecule has 2 aromatic rings. The largest absolute Gasteiger partial charge is 0.445 e. The predicted molar refractivity (Wildman–Crippen MR) is 91.9 cm³/mol. The molecule has 1 fully saturated rings.